The maximum atomic E-state index is 11.6. The zero-order chi connectivity index (χ0) is 17.3. The monoisotopic (exact) mass is 365 g/mol. The van der Waals surface area contributed by atoms with Crippen molar-refractivity contribution >= 4 is 21.6 Å². The Balaban J connectivity index is 1.66. The second kappa shape index (κ2) is 6.88. The van der Waals surface area contributed by atoms with Gasteiger partial charge in [-0.2, -0.15) is 0 Å². The van der Waals surface area contributed by atoms with Gasteiger partial charge in [0.2, 0.25) is 0 Å². The minimum atomic E-state index is -2.84. The lowest BCUT2D eigenvalue weighted by Crippen LogP contribution is -2.11. The first-order valence-corrected chi connectivity index (χ1v) is 10.9. The number of aromatic nitrogens is 3. The molecule has 1 aliphatic rings. The van der Waals surface area contributed by atoms with Crippen LogP contribution in [0.1, 0.15) is 28.9 Å². The van der Waals surface area contributed by atoms with E-state index in [0.717, 1.165) is 23.2 Å². The number of thioether (sulfide) groups is 1. The van der Waals surface area contributed by atoms with Crippen LogP contribution in [0.5, 0.6) is 0 Å². The molecule has 3 rings (SSSR count). The van der Waals surface area contributed by atoms with E-state index >= 15 is 0 Å². The topological polar surface area (TPSA) is 64.8 Å². The normalized spacial score (nSPS) is 19.7. The zero-order valence-corrected chi connectivity index (χ0v) is 16.0. The van der Waals surface area contributed by atoms with Gasteiger partial charge in [0.15, 0.2) is 15.0 Å². The lowest BCUT2D eigenvalue weighted by atomic mass is 10.1. The molecule has 0 amide bonds. The van der Waals surface area contributed by atoms with E-state index in [1.807, 2.05) is 11.6 Å². The number of nitrogens with zero attached hydrogens (tertiary/aromatic N) is 3. The van der Waals surface area contributed by atoms with E-state index in [1.54, 1.807) is 11.8 Å². The van der Waals surface area contributed by atoms with E-state index in [4.69, 9.17) is 0 Å². The summed E-state index contributed by atoms with van der Waals surface area (Å²) < 4.78 is 25.2. The van der Waals surface area contributed by atoms with Crippen LogP contribution in [0.2, 0.25) is 0 Å². The van der Waals surface area contributed by atoms with E-state index in [9.17, 15) is 8.42 Å². The van der Waals surface area contributed by atoms with Crippen molar-refractivity contribution in [3.05, 3.63) is 40.7 Å². The molecular weight excluding hydrogens is 342 g/mol. The van der Waals surface area contributed by atoms with Gasteiger partial charge in [-0.05, 0) is 37.3 Å². The molecule has 24 heavy (non-hydrogen) atoms. The molecule has 130 valence electrons. The lowest BCUT2D eigenvalue weighted by Gasteiger charge is -2.09. The smallest absolute Gasteiger partial charge is 0.191 e. The van der Waals surface area contributed by atoms with Crippen LogP contribution >= 0.6 is 11.8 Å². The standard InChI is InChI=1S/C17H23N3O2S2/c1-12-4-5-13(2)15(8-12)10-23-17-19-18-16(20(17)3)9-14-6-7-24(21,22)11-14/h4-5,8,14H,6-7,9-11H2,1-3H3/t14-/m1/s1. The number of hydrogen-bond donors (Lipinski definition) is 0. The predicted octanol–water partition coefficient (Wildman–Crippen LogP) is 2.70. The van der Waals surface area contributed by atoms with Crippen LogP contribution in [0.25, 0.3) is 0 Å². The molecule has 0 unspecified atom stereocenters. The number of benzene rings is 1. The first-order chi connectivity index (χ1) is 11.3. The Bertz CT molecular complexity index is 844. The molecule has 1 saturated heterocycles. The highest BCUT2D eigenvalue weighted by Crippen LogP contribution is 2.26. The third kappa shape index (κ3) is 4.00. The van der Waals surface area contributed by atoms with Crippen molar-refractivity contribution in [3.8, 4) is 0 Å². The van der Waals surface area contributed by atoms with Gasteiger partial charge >= 0.3 is 0 Å². The Kier molecular flexibility index (Phi) is 5.01. The number of sulfone groups is 1. The average molecular weight is 366 g/mol. The first-order valence-electron chi connectivity index (χ1n) is 8.12. The van der Waals surface area contributed by atoms with E-state index in [0.29, 0.717) is 12.2 Å². The Labute approximate surface area is 147 Å². The number of hydrogen-bond acceptors (Lipinski definition) is 5. The molecule has 7 heteroatoms. The minimum absolute atomic E-state index is 0.176. The number of rotatable bonds is 5. The van der Waals surface area contributed by atoms with Crippen LogP contribution in [0, 0.1) is 19.8 Å². The molecule has 0 saturated carbocycles. The maximum Gasteiger partial charge on any atom is 0.191 e. The molecule has 0 radical (unpaired) electrons. The van der Waals surface area contributed by atoms with Crippen LogP contribution in [-0.2, 0) is 29.1 Å². The highest BCUT2D eigenvalue weighted by Gasteiger charge is 2.29. The molecule has 0 spiro atoms. The quantitative estimate of drug-likeness (QED) is 0.762. The van der Waals surface area contributed by atoms with Crippen molar-refractivity contribution in [2.45, 2.75) is 37.6 Å². The molecular formula is C17H23N3O2S2. The molecule has 1 aromatic heterocycles. The predicted molar refractivity (Wildman–Crippen MR) is 96.9 cm³/mol. The van der Waals surface area contributed by atoms with Gasteiger partial charge in [0.25, 0.3) is 0 Å². The first kappa shape index (κ1) is 17.5. The number of aryl methyl sites for hydroxylation is 2. The average Bonchev–Trinajstić information content (AvgIpc) is 3.04. The molecule has 0 aliphatic carbocycles. The van der Waals surface area contributed by atoms with Gasteiger partial charge in [-0.15, -0.1) is 10.2 Å². The largest absolute Gasteiger partial charge is 0.309 e. The van der Waals surface area contributed by atoms with Crippen LogP contribution < -0.4 is 0 Å². The summed E-state index contributed by atoms with van der Waals surface area (Å²) in [6.45, 7) is 4.22. The van der Waals surface area contributed by atoms with Crippen LogP contribution in [0.15, 0.2) is 23.4 Å². The third-order valence-electron chi connectivity index (χ3n) is 4.58. The Morgan fingerprint density at radius 2 is 2.08 bits per heavy atom. The van der Waals surface area contributed by atoms with Crippen molar-refractivity contribution in [2.24, 2.45) is 13.0 Å². The maximum absolute atomic E-state index is 11.6. The van der Waals surface area contributed by atoms with Gasteiger partial charge in [0.05, 0.1) is 11.5 Å². The summed E-state index contributed by atoms with van der Waals surface area (Å²) in [4.78, 5) is 0. The highest BCUT2D eigenvalue weighted by atomic mass is 32.2. The van der Waals surface area contributed by atoms with Gasteiger partial charge in [0.1, 0.15) is 5.82 Å². The Morgan fingerprint density at radius 1 is 1.29 bits per heavy atom. The van der Waals surface area contributed by atoms with E-state index in [2.05, 4.69) is 42.2 Å². The highest BCUT2D eigenvalue weighted by molar-refractivity contribution is 7.98. The summed E-state index contributed by atoms with van der Waals surface area (Å²) in [5, 5.41) is 9.45. The van der Waals surface area contributed by atoms with Gasteiger partial charge in [-0.3, -0.25) is 0 Å². The summed E-state index contributed by atoms with van der Waals surface area (Å²) in [6.07, 6.45) is 1.42. The second-order valence-electron chi connectivity index (χ2n) is 6.65. The molecule has 1 atom stereocenters. The molecule has 1 aromatic carbocycles. The van der Waals surface area contributed by atoms with Gasteiger partial charge in [0, 0.05) is 19.2 Å². The molecule has 5 nitrogen and oxygen atoms in total. The second-order valence-corrected chi connectivity index (χ2v) is 9.82. The molecule has 1 fully saturated rings. The molecule has 2 heterocycles. The third-order valence-corrected chi connectivity index (χ3v) is 7.49. The SMILES string of the molecule is Cc1ccc(C)c(CSc2nnc(C[C@H]3CCS(=O)(=O)C3)n2C)c1. The fraction of sp³-hybridized carbons (Fsp3) is 0.529. The summed E-state index contributed by atoms with van der Waals surface area (Å²) in [6, 6.07) is 6.48. The van der Waals surface area contributed by atoms with Crippen molar-refractivity contribution in [1.82, 2.24) is 14.8 Å². The fourth-order valence-electron chi connectivity index (χ4n) is 3.04. The van der Waals surface area contributed by atoms with Crippen molar-refractivity contribution < 1.29 is 8.42 Å². The summed E-state index contributed by atoms with van der Waals surface area (Å²) in [5.74, 6) is 2.50. The van der Waals surface area contributed by atoms with Crippen LogP contribution in [-0.4, -0.2) is 34.7 Å². The molecule has 0 N–H and O–H groups in total. The van der Waals surface area contributed by atoms with E-state index in [1.165, 1.54) is 16.7 Å². The fourth-order valence-corrected chi connectivity index (χ4v) is 5.89. The Hall–Kier alpha value is -1.34. The lowest BCUT2D eigenvalue weighted by molar-refractivity contribution is 0.552. The van der Waals surface area contributed by atoms with E-state index in [-0.39, 0.29) is 11.7 Å². The van der Waals surface area contributed by atoms with Gasteiger partial charge in [-0.25, -0.2) is 8.42 Å². The Morgan fingerprint density at radius 3 is 2.79 bits per heavy atom. The minimum Gasteiger partial charge on any atom is -0.309 e. The van der Waals surface area contributed by atoms with Crippen molar-refractivity contribution in [2.75, 3.05) is 11.5 Å². The zero-order valence-electron chi connectivity index (χ0n) is 14.3. The van der Waals surface area contributed by atoms with Crippen molar-refractivity contribution in [3.63, 3.8) is 0 Å². The molecule has 1 aliphatic heterocycles. The molecule has 2 aromatic rings. The summed E-state index contributed by atoms with van der Waals surface area (Å²) in [5.41, 5.74) is 3.86. The summed E-state index contributed by atoms with van der Waals surface area (Å²) >= 11 is 1.67. The molecule has 0 bridgehead atoms. The van der Waals surface area contributed by atoms with E-state index < -0.39 is 9.84 Å². The van der Waals surface area contributed by atoms with Gasteiger partial charge in [-0.1, -0.05) is 35.5 Å². The summed E-state index contributed by atoms with van der Waals surface area (Å²) in [7, 11) is -0.877. The van der Waals surface area contributed by atoms with Crippen LogP contribution in [0.4, 0.5) is 0 Å². The van der Waals surface area contributed by atoms with Crippen LogP contribution in [0.3, 0.4) is 0 Å². The van der Waals surface area contributed by atoms with Crippen molar-refractivity contribution in [1.29, 1.82) is 0 Å². The van der Waals surface area contributed by atoms with Gasteiger partial charge < -0.3 is 4.57 Å².